The first-order valence-electron chi connectivity index (χ1n) is 5.80. The smallest absolute Gasteiger partial charge is 0.314 e. The van der Waals surface area contributed by atoms with Gasteiger partial charge in [-0.1, -0.05) is 6.92 Å². The third kappa shape index (κ3) is 4.68. The Morgan fingerprint density at radius 2 is 2.06 bits per heavy atom. The zero-order chi connectivity index (χ0) is 12.9. The van der Waals surface area contributed by atoms with Crippen molar-refractivity contribution in [3.8, 4) is 0 Å². The molecule has 0 saturated carbocycles. The molecule has 17 heavy (non-hydrogen) atoms. The van der Waals surface area contributed by atoms with Crippen LogP contribution in [0.15, 0.2) is 10.8 Å². The van der Waals surface area contributed by atoms with E-state index in [2.05, 4.69) is 12.2 Å². The van der Waals surface area contributed by atoms with E-state index in [1.165, 1.54) is 5.38 Å². The van der Waals surface area contributed by atoms with E-state index >= 15 is 0 Å². The lowest BCUT2D eigenvalue weighted by Gasteiger charge is -2.13. The zero-order valence-corrected chi connectivity index (χ0v) is 10.9. The van der Waals surface area contributed by atoms with Gasteiger partial charge in [-0.15, -0.1) is 0 Å². The Morgan fingerprint density at radius 3 is 2.65 bits per heavy atom. The molecule has 0 radical (unpaired) electrons. The molecule has 0 saturated heterocycles. The summed E-state index contributed by atoms with van der Waals surface area (Å²) in [6.07, 6.45) is -1.96. The summed E-state index contributed by atoms with van der Waals surface area (Å²) in [4.78, 5) is 0. The number of alkyl halides is 3. The first-order valence-corrected chi connectivity index (χ1v) is 6.75. The maximum Gasteiger partial charge on any atom is 0.417 e. The van der Waals surface area contributed by atoms with Gasteiger partial charge in [-0.3, -0.25) is 0 Å². The zero-order valence-electron chi connectivity index (χ0n) is 10.1. The summed E-state index contributed by atoms with van der Waals surface area (Å²) >= 11 is 1.12. The Kier molecular flexibility index (Phi) is 5.46. The number of rotatable bonds is 6. The first-order chi connectivity index (χ1) is 7.95. The van der Waals surface area contributed by atoms with Crippen molar-refractivity contribution in [3.05, 3.63) is 21.9 Å². The molecule has 1 unspecified atom stereocenters. The number of hydrogen-bond donors (Lipinski definition) is 1. The van der Waals surface area contributed by atoms with Gasteiger partial charge in [-0.05, 0) is 43.7 Å². The summed E-state index contributed by atoms with van der Waals surface area (Å²) in [6.45, 7) is 4.99. The van der Waals surface area contributed by atoms with Gasteiger partial charge >= 0.3 is 6.18 Å². The van der Waals surface area contributed by atoms with Crippen molar-refractivity contribution in [2.45, 2.75) is 45.3 Å². The average Bonchev–Trinajstić information content (AvgIpc) is 2.71. The summed E-state index contributed by atoms with van der Waals surface area (Å²) in [6, 6.07) is 0.260. The third-order valence-electron chi connectivity index (χ3n) is 2.64. The Balaban J connectivity index is 2.50. The van der Waals surface area contributed by atoms with Gasteiger partial charge in [0.1, 0.15) is 0 Å². The van der Waals surface area contributed by atoms with Gasteiger partial charge in [-0.25, -0.2) is 0 Å². The van der Waals surface area contributed by atoms with Crippen LogP contribution in [0.5, 0.6) is 0 Å². The molecule has 1 heterocycles. The van der Waals surface area contributed by atoms with Gasteiger partial charge in [0.25, 0.3) is 0 Å². The van der Waals surface area contributed by atoms with Gasteiger partial charge in [-0.2, -0.15) is 24.5 Å². The van der Waals surface area contributed by atoms with Gasteiger partial charge in [0.15, 0.2) is 0 Å². The van der Waals surface area contributed by atoms with E-state index in [1.54, 1.807) is 5.38 Å². The van der Waals surface area contributed by atoms with Gasteiger partial charge in [0, 0.05) is 11.4 Å². The first kappa shape index (κ1) is 14.5. The number of aryl methyl sites for hydroxylation is 1. The summed E-state index contributed by atoms with van der Waals surface area (Å²) in [7, 11) is 0. The number of thiophene rings is 1. The standard InChI is InChI=1S/C12H18F3NS/c1-3-6-16-9(2)4-5-10-7-17-8-11(10)12(13,14)15/h7-9,16H,3-6H2,1-2H3. The summed E-state index contributed by atoms with van der Waals surface area (Å²) in [5.74, 6) is 0. The molecule has 0 aliphatic heterocycles. The van der Waals surface area contributed by atoms with Crippen molar-refractivity contribution in [1.82, 2.24) is 5.32 Å². The van der Waals surface area contributed by atoms with Gasteiger partial charge in [0.2, 0.25) is 0 Å². The minimum Gasteiger partial charge on any atom is -0.314 e. The van der Waals surface area contributed by atoms with Crippen LogP contribution in [-0.2, 0) is 12.6 Å². The molecule has 0 spiro atoms. The molecule has 98 valence electrons. The van der Waals surface area contributed by atoms with Crippen LogP contribution >= 0.6 is 11.3 Å². The minimum absolute atomic E-state index is 0.260. The topological polar surface area (TPSA) is 12.0 Å². The van der Waals surface area contributed by atoms with Crippen LogP contribution in [0.4, 0.5) is 13.2 Å². The fourth-order valence-electron chi connectivity index (χ4n) is 1.63. The van der Waals surface area contributed by atoms with E-state index in [1.807, 2.05) is 6.92 Å². The quantitative estimate of drug-likeness (QED) is 0.817. The van der Waals surface area contributed by atoms with E-state index in [-0.39, 0.29) is 6.04 Å². The van der Waals surface area contributed by atoms with Gasteiger partial charge in [0.05, 0.1) is 5.56 Å². The molecule has 0 amide bonds. The molecule has 1 aromatic rings. The second kappa shape index (κ2) is 6.40. The van der Waals surface area contributed by atoms with Crippen LogP contribution in [0.25, 0.3) is 0 Å². The van der Waals surface area contributed by atoms with Gasteiger partial charge < -0.3 is 5.32 Å². The maximum absolute atomic E-state index is 12.6. The molecule has 0 aromatic carbocycles. The predicted octanol–water partition coefficient (Wildman–Crippen LogP) is 4.09. The summed E-state index contributed by atoms with van der Waals surface area (Å²) < 4.78 is 37.8. The van der Waals surface area contributed by atoms with E-state index in [0.717, 1.165) is 30.7 Å². The lowest BCUT2D eigenvalue weighted by atomic mass is 10.0. The summed E-state index contributed by atoms with van der Waals surface area (Å²) in [5, 5.41) is 6.08. The van der Waals surface area contributed by atoms with Crippen LogP contribution in [-0.4, -0.2) is 12.6 Å². The molecule has 0 aliphatic carbocycles. The van der Waals surface area contributed by atoms with E-state index < -0.39 is 11.7 Å². The molecule has 1 atom stereocenters. The molecule has 0 fully saturated rings. The van der Waals surface area contributed by atoms with Crippen LogP contribution in [0.1, 0.15) is 37.8 Å². The number of halogens is 3. The Labute approximate surface area is 104 Å². The average molecular weight is 265 g/mol. The monoisotopic (exact) mass is 265 g/mol. The highest BCUT2D eigenvalue weighted by atomic mass is 32.1. The molecule has 1 rings (SSSR count). The normalized spacial score (nSPS) is 13.9. The molecule has 1 N–H and O–H groups in total. The molecule has 1 nitrogen and oxygen atoms in total. The van der Waals surface area contributed by atoms with Crippen molar-refractivity contribution in [2.75, 3.05) is 6.54 Å². The molecule has 5 heteroatoms. The van der Waals surface area contributed by atoms with Crippen molar-refractivity contribution < 1.29 is 13.2 Å². The fourth-order valence-corrected chi connectivity index (χ4v) is 2.53. The number of hydrogen-bond acceptors (Lipinski definition) is 2. The highest BCUT2D eigenvalue weighted by Crippen LogP contribution is 2.34. The molecular weight excluding hydrogens is 247 g/mol. The molecule has 0 aliphatic rings. The van der Waals surface area contributed by atoms with E-state index in [4.69, 9.17) is 0 Å². The highest BCUT2D eigenvalue weighted by molar-refractivity contribution is 7.08. The van der Waals surface area contributed by atoms with Crippen molar-refractivity contribution in [3.63, 3.8) is 0 Å². The second-order valence-electron chi connectivity index (χ2n) is 4.20. The summed E-state index contributed by atoms with van der Waals surface area (Å²) in [5.41, 5.74) is -0.0437. The largest absolute Gasteiger partial charge is 0.417 e. The highest BCUT2D eigenvalue weighted by Gasteiger charge is 2.33. The van der Waals surface area contributed by atoms with E-state index in [9.17, 15) is 13.2 Å². The molecule has 1 aromatic heterocycles. The van der Waals surface area contributed by atoms with Crippen molar-refractivity contribution in [1.29, 1.82) is 0 Å². The van der Waals surface area contributed by atoms with Crippen molar-refractivity contribution in [2.24, 2.45) is 0 Å². The minimum atomic E-state index is -4.21. The van der Waals surface area contributed by atoms with E-state index in [0.29, 0.717) is 12.0 Å². The van der Waals surface area contributed by atoms with Crippen LogP contribution < -0.4 is 5.32 Å². The Hall–Kier alpha value is -0.550. The lowest BCUT2D eigenvalue weighted by molar-refractivity contribution is -0.137. The van der Waals surface area contributed by atoms with Crippen molar-refractivity contribution >= 4 is 11.3 Å². The lowest BCUT2D eigenvalue weighted by Crippen LogP contribution is -2.27. The fraction of sp³-hybridized carbons (Fsp3) is 0.667. The third-order valence-corrected chi connectivity index (χ3v) is 3.43. The maximum atomic E-state index is 12.6. The SMILES string of the molecule is CCCNC(C)CCc1cscc1C(F)(F)F. The van der Waals surface area contributed by atoms with Crippen LogP contribution in [0, 0.1) is 0 Å². The van der Waals surface area contributed by atoms with Crippen LogP contribution in [0.2, 0.25) is 0 Å². The number of nitrogens with one attached hydrogen (secondary N) is 1. The Morgan fingerprint density at radius 1 is 1.35 bits per heavy atom. The Bertz CT molecular complexity index is 333. The second-order valence-corrected chi connectivity index (χ2v) is 4.95. The molecule has 0 bridgehead atoms. The molecular formula is C12H18F3NS. The predicted molar refractivity (Wildman–Crippen MR) is 65.4 cm³/mol. The van der Waals surface area contributed by atoms with Crippen LogP contribution in [0.3, 0.4) is 0 Å².